The van der Waals surface area contributed by atoms with E-state index >= 15 is 0 Å². The Bertz CT molecular complexity index is 610. The van der Waals surface area contributed by atoms with Crippen molar-refractivity contribution >= 4 is 5.97 Å². The van der Waals surface area contributed by atoms with Crippen LogP contribution in [0.3, 0.4) is 0 Å². The highest BCUT2D eigenvalue weighted by atomic mass is 16.5. The SMILES string of the molecule is COc1cc(C)ccc1Oc1cc(C(=O)O)ccn1. The van der Waals surface area contributed by atoms with Gasteiger partial charge in [-0.3, -0.25) is 0 Å². The lowest BCUT2D eigenvalue weighted by Crippen LogP contribution is -1.98. The van der Waals surface area contributed by atoms with Crippen LogP contribution in [0.5, 0.6) is 17.4 Å². The molecule has 0 radical (unpaired) electrons. The minimum absolute atomic E-state index is 0.121. The molecule has 1 N–H and O–H groups in total. The van der Waals surface area contributed by atoms with Crippen LogP contribution >= 0.6 is 0 Å². The summed E-state index contributed by atoms with van der Waals surface area (Å²) in [6, 6.07) is 8.22. The predicted octanol–water partition coefficient (Wildman–Crippen LogP) is 2.89. The van der Waals surface area contributed by atoms with Crippen LogP contribution in [0.4, 0.5) is 0 Å². The van der Waals surface area contributed by atoms with Gasteiger partial charge in [0, 0.05) is 12.3 Å². The number of rotatable bonds is 4. The largest absolute Gasteiger partial charge is 0.493 e. The number of methoxy groups -OCH3 is 1. The third-order valence-corrected chi connectivity index (χ3v) is 2.52. The maximum absolute atomic E-state index is 10.9. The van der Waals surface area contributed by atoms with E-state index in [1.165, 1.54) is 18.3 Å². The van der Waals surface area contributed by atoms with Crippen molar-refractivity contribution in [3.05, 3.63) is 47.7 Å². The molecule has 1 aromatic heterocycles. The van der Waals surface area contributed by atoms with Crippen LogP contribution in [0.15, 0.2) is 36.5 Å². The van der Waals surface area contributed by atoms with Crippen molar-refractivity contribution in [1.29, 1.82) is 0 Å². The summed E-state index contributed by atoms with van der Waals surface area (Å²) in [7, 11) is 1.54. The molecule has 5 heteroatoms. The second-order valence-corrected chi connectivity index (χ2v) is 3.94. The summed E-state index contributed by atoms with van der Waals surface area (Å²) in [6.07, 6.45) is 1.39. The number of ether oxygens (including phenoxy) is 2. The zero-order valence-electron chi connectivity index (χ0n) is 10.6. The van der Waals surface area contributed by atoms with Gasteiger partial charge < -0.3 is 14.6 Å². The first-order chi connectivity index (χ1) is 9.10. The number of aryl methyl sites for hydroxylation is 1. The highest BCUT2D eigenvalue weighted by Gasteiger charge is 2.09. The number of aromatic carboxylic acids is 1. The maximum Gasteiger partial charge on any atom is 0.335 e. The highest BCUT2D eigenvalue weighted by Crippen LogP contribution is 2.31. The van der Waals surface area contributed by atoms with Crippen molar-refractivity contribution in [1.82, 2.24) is 4.98 Å². The van der Waals surface area contributed by atoms with Gasteiger partial charge in [0.1, 0.15) is 0 Å². The lowest BCUT2D eigenvalue weighted by Gasteiger charge is -2.10. The molecule has 0 bridgehead atoms. The summed E-state index contributed by atoms with van der Waals surface area (Å²) >= 11 is 0. The first-order valence-corrected chi connectivity index (χ1v) is 5.62. The van der Waals surface area contributed by atoms with E-state index in [4.69, 9.17) is 14.6 Å². The van der Waals surface area contributed by atoms with Crippen LogP contribution in [0.25, 0.3) is 0 Å². The number of carboxylic acid groups (broad SMARTS) is 1. The van der Waals surface area contributed by atoms with Crippen LogP contribution in [0, 0.1) is 6.92 Å². The average Bonchev–Trinajstić information content (AvgIpc) is 2.41. The van der Waals surface area contributed by atoms with Gasteiger partial charge in [0.15, 0.2) is 11.5 Å². The Labute approximate surface area is 110 Å². The van der Waals surface area contributed by atoms with E-state index in [9.17, 15) is 4.79 Å². The van der Waals surface area contributed by atoms with Crippen molar-refractivity contribution in [3.63, 3.8) is 0 Å². The van der Waals surface area contributed by atoms with E-state index in [2.05, 4.69) is 4.98 Å². The van der Waals surface area contributed by atoms with Crippen LogP contribution in [0.1, 0.15) is 15.9 Å². The minimum Gasteiger partial charge on any atom is -0.493 e. The van der Waals surface area contributed by atoms with Crippen molar-refractivity contribution in [2.75, 3.05) is 7.11 Å². The van der Waals surface area contributed by atoms with Gasteiger partial charge in [-0.1, -0.05) is 6.07 Å². The third kappa shape index (κ3) is 3.01. The van der Waals surface area contributed by atoms with Gasteiger partial charge in [0.25, 0.3) is 0 Å². The molecule has 0 atom stereocenters. The zero-order chi connectivity index (χ0) is 13.8. The molecule has 0 aliphatic heterocycles. The van der Waals surface area contributed by atoms with Gasteiger partial charge in [-0.25, -0.2) is 9.78 Å². The molecule has 5 nitrogen and oxygen atoms in total. The topological polar surface area (TPSA) is 68.7 Å². The Morgan fingerprint density at radius 1 is 1.21 bits per heavy atom. The molecule has 0 aliphatic carbocycles. The third-order valence-electron chi connectivity index (χ3n) is 2.52. The highest BCUT2D eigenvalue weighted by molar-refractivity contribution is 5.87. The number of nitrogens with zero attached hydrogens (tertiary/aromatic N) is 1. The van der Waals surface area contributed by atoms with E-state index in [-0.39, 0.29) is 11.4 Å². The summed E-state index contributed by atoms with van der Waals surface area (Å²) < 4.78 is 10.8. The Hall–Kier alpha value is -2.56. The lowest BCUT2D eigenvalue weighted by molar-refractivity contribution is 0.0696. The summed E-state index contributed by atoms with van der Waals surface area (Å²) in [5.74, 6) is 0.246. The fourth-order valence-corrected chi connectivity index (χ4v) is 1.57. The Morgan fingerprint density at radius 2 is 2.00 bits per heavy atom. The molecule has 0 saturated heterocycles. The Morgan fingerprint density at radius 3 is 2.68 bits per heavy atom. The van der Waals surface area contributed by atoms with Gasteiger partial charge in [-0.2, -0.15) is 0 Å². The molecule has 98 valence electrons. The van der Waals surface area contributed by atoms with Crippen molar-refractivity contribution in [2.45, 2.75) is 6.92 Å². The number of aromatic nitrogens is 1. The van der Waals surface area contributed by atoms with Gasteiger partial charge in [-0.05, 0) is 30.7 Å². The van der Waals surface area contributed by atoms with Gasteiger partial charge in [0.05, 0.1) is 12.7 Å². The smallest absolute Gasteiger partial charge is 0.335 e. The first-order valence-electron chi connectivity index (χ1n) is 5.62. The fraction of sp³-hybridized carbons (Fsp3) is 0.143. The molecule has 1 aromatic carbocycles. The van der Waals surface area contributed by atoms with Gasteiger partial charge >= 0.3 is 5.97 Å². The average molecular weight is 259 g/mol. The minimum atomic E-state index is -1.02. The second kappa shape index (κ2) is 5.39. The second-order valence-electron chi connectivity index (χ2n) is 3.94. The number of hydrogen-bond acceptors (Lipinski definition) is 4. The van der Waals surface area contributed by atoms with Crippen LogP contribution in [-0.2, 0) is 0 Å². The number of hydrogen-bond donors (Lipinski definition) is 1. The Kier molecular flexibility index (Phi) is 3.66. The van der Waals surface area contributed by atoms with Crippen molar-refractivity contribution in [2.24, 2.45) is 0 Å². The van der Waals surface area contributed by atoms with E-state index in [0.29, 0.717) is 11.5 Å². The van der Waals surface area contributed by atoms with Gasteiger partial charge in [-0.15, -0.1) is 0 Å². The number of carbonyl (C=O) groups is 1. The predicted molar refractivity (Wildman–Crippen MR) is 69.0 cm³/mol. The van der Waals surface area contributed by atoms with Gasteiger partial charge in [0.2, 0.25) is 5.88 Å². The summed E-state index contributed by atoms with van der Waals surface area (Å²) in [5, 5.41) is 8.90. The summed E-state index contributed by atoms with van der Waals surface area (Å²) in [5.41, 5.74) is 1.16. The van der Waals surface area contributed by atoms with E-state index in [1.54, 1.807) is 13.2 Å². The monoisotopic (exact) mass is 259 g/mol. The van der Waals surface area contributed by atoms with E-state index < -0.39 is 5.97 Å². The maximum atomic E-state index is 10.9. The van der Waals surface area contributed by atoms with Crippen molar-refractivity contribution < 1.29 is 19.4 Å². The summed E-state index contributed by atoms with van der Waals surface area (Å²) in [4.78, 5) is 14.8. The van der Waals surface area contributed by atoms with Crippen molar-refractivity contribution in [3.8, 4) is 17.4 Å². The molecule has 0 saturated carbocycles. The van der Waals surface area contributed by atoms with Crippen LogP contribution < -0.4 is 9.47 Å². The standard InChI is InChI=1S/C14H13NO4/c1-9-3-4-11(12(7-9)18-2)19-13-8-10(14(16)17)5-6-15-13/h3-8H,1-2H3,(H,16,17). The molecule has 2 aromatic rings. The molecule has 2 rings (SSSR count). The molecule has 0 spiro atoms. The molecule has 0 amide bonds. The molecule has 1 heterocycles. The quantitative estimate of drug-likeness (QED) is 0.914. The summed E-state index contributed by atoms with van der Waals surface area (Å²) in [6.45, 7) is 1.94. The van der Waals surface area contributed by atoms with E-state index in [1.807, 2.05) is 19.1 Å². The number of pyridine rings is 1. The van der Waals surface area contributed by atoms with Crippen LogP contribution in [0.2, 0.25) is 0 Å². The lowest BCUT2D eigenvalue weighted by atomic mass is 10.2. The van der Waals surface area contributed by atoms with E-state index in [0.717, 1.165) is 5.56 Å². The number of carboxylic acids is 1. The number of benzene rings is 1. The molecular weight excluding hydrogens is 246 g/mol. The molecule has 0 aliphatic rings. The molecular formula is C14H13NO4. The normalized spacial score (nSPS) is 10.0. The Balaban J connectivity index is 2.30. The first kappa shape index (κ1) is 12.9. The molecule has 0 unspecified atom stereocenters. The van der Waals surface area contributed by atoms with Crippen LogP contribution in [-0.4, -0.2) is 23.2 Å². The molecule has 19 heavy (non-hydrogen) atoms. The molecule has 0 fully saturated rings. The fourth-order valence-electron chi connectivity index (χ4n) is 1.57. The zero-order valence-corrected chi connectivity index (χ0v) is 10.6.